The van der Waals surface area contributed by atoms with Gasteiger partial charge in [-0.15, -0.1) is 0 Å². The number of hydrogen-bond donors (Lipinski definition) is 2. The van der Waals surface area contributed by atoms with Crippen molar-refractivity contribution in [1.82, 2.24) is 9.55 Å². The Morgan fingerprint density at radius 1 is 1.44 bits per heavy atom. The van der Waals surface area contributed by atoms with Crippen LogP contribution in [-0.4, -0.2) is 20.6 Å². The van der Waals surface area contributed by atoms with Crippen LogP contribution < -0.4 is 5.73 Å². The highest BCUT2D eigenvalue weighted by Gasteiger charge is 2.35. The van der Waals surface area contributed by atoms with Gasteiger partial charge in [0, 0.05) is 5.92 Å². The summed E-state index contributed by atoms with van der Waals surface area (Å²) in [6.45, 7) is 0. The van der Waals surface area contributed by atoms with Gasteiger partial charge in [-0.25, -0.2) is 9.78 Å². The van der Waals surface area contributed by atoms with Crippen LogP contribution in [0.2, 0.25) is 0 Å². The molecule has 0 bridgehead atoms. The number of hydrogen-bond acceptors (Lipinski definition) is 3. The van der Waals surface area contributed by atoms with E-state index in [0.29, 0.717) is 5.92 Å². The zero-order chi connectivity index (χ0) is 11.3. The molecule has 5 nitrogen and oxygen atoms in total. The number of carboxylic acid groups (broad SMARTS) is 1. The number of imidazole rings is 1. The van der Waals surface area contributed by atoms with Gasteiger partial charge in [0.2, 0.25) is 0 Å². The second-order valence-electron chi connectivity index (χ2n) is 4.67. The molecule has 1 aromatic rings. The fraction of sp³-hybridized carbons (Fsp3) is 0.636. The molecule has 1 aliphatic carbocycles. The molecule has 1 unspecified atom stereocenters. The first-order chi connectivity index (χ1) is 7.68. The minimum atomic E-state index is -0.926. The van der Waals surface area contributed by atoms with Crippen LogP contribution in [0.5, 0.6) is 0 Å². The first kappa shape index (κ1) is 9.84. The van der Waals surface area contributed by atoms with Crippen LogP contribution >= 0.6 is 0 Å². The van der Waals surface area contributed by atoms with E-state index in [0.717, 1.165) is 43.6 Å². The number of carbonyl (C=O) groups is 1. The molecular weight excluding hydrogens is 206 g/mol. The number of carboxylic acids is 1. The van der Waals surface area contributed by atoms with E-state index >= 15 is 0 Å². The number of aromatic nitrogens is 2. The van der Waals surface area contributed by atoms with Gasteiger partial charge >= 0.3 is 5.97 Å². The van der Waals surface area contributed by atoms with E-state index in [4.69, 9.17) is 10.8 Å². The second-order valence-corrected chi connectivity index (χ2v) is 4.67. The highest BCUT2D eigenvalue weighted by molar-refractivity contribution is 5.87. The first-order valence-electron chi connectivity index (χ1n) is 5.78. The average Bonchev–Trinajstić information content (AvgIpc) is 2.99. The third kappa shape index (κ3) is 1.35. The summed E-state index contributed by atoms with van der Waals surface area (Å²) in [6, 6.07) is 0. The minimum Gasteiger partial charge on any atom is -0.476 e. The van der Waals surface area contributed by atoms with Crippen molar-refractivity contribution in [2.24, 2.45) is 5.73 Å². The summed E-state index contributed by atoms with van der Waals surface area (Å²) in [5.41, 5.74) is 7.10. The van der Waals surface area contributed by atoms with Crippen LogP contribution in [0.3, 0.4) is 0 Å². The molecule has 16 heavy (non-hydrogen) atoms. The molecule has 86 valence electrons. The molecule has 2 heterocycles. The maximum Gasteiger partial charge on any atom is 0.356 e. The summed E-state index contributed by atoms with van der Waals surface area (Å²) in [7, 11) is 0. The number of aromatic carboxylic acids is 1. The van der Waals surface area contributed by atoms with Gasteiger partial charge in [0.1, 0.15) is 5.82 Å². The van der Waals surface area contributed by atoms with Crippen molar-refractivity contribution in [3.8, 4) is 0 Å². The Kier molecular flexibility index (Phi) is 2.04. The molecule has 1 aliphatic heterocycles. The van der Waals surface area contributed by atoms with Gasteiger partial charge in [-0.05, 0) is 32.1 Å². The third-order valence-corrected chi connectivity index (χ3v) is 3.43. The van der Waals surface area contributed by atoms with E-state index in [1.165, 1.54) is 0 Å². The van der Waals surface area contributed by atoms with E-state index in [9.17, 15) is 4.79 Å². The Bertz CT molecular complexity index is 448. The Labute approximate surface area is 93.3 Å². The van der Waals surface area contributed by atoms with Gasteiger partial charge < -0.3 is 15.4 Å². The van der Waals surface area contributed by atoms with E-state index in [-0.39, 0.29) is 11.9 Å². The van der Waals surface area contributed by atoms with Crippen molar-refractivity contribution in [3.63, 3.8) is 0 Å². The largest absolute Gasteiger partial charge is 0.476 e. The molecule has 2 aliphatic rings. The van der Waals surface area contributed by atoms with Gasteiger partial charge in [0.25, 0.3) is 0 Å². The molecule has 1 fully saturated rings. The predicted octanol–water partition coefficient (Wildman–Crippen LogP) is 1.25. The molecular formula is C11H15N3O2. The Hall–Kier alpha value is -1.36. The maximum atomic E-state index is 11.1. The normalized spacial score (nSPS) is 24.2. The molecule has 3 rings (SSSR count). The second kappa shape index (κ2) is 3.31. The van der Waals surface area contributed by atoms with Crippen molar-refractivity contribution < 1.29 is 9.90 Å². The quantitative estimate of drug-likeness (QED) is 0.787. The Balaban J connectivity index is 2.15. The third-order valence-electron chi connectivity index (χ3n) is 3.43. The lowest BCUT2D eigenvalue weighted by Gasteiger charge is -2.24. The number of fused-ring (bicyclic) bond motifs is 1. The monoisotopic (exact) mass is 221 g/mol. The van der Waals surface area contributed by atoms with Gasteiger partial charge in [0.15, 0.2) is 5.69 Å². The molecule has 0 spiro atoms. The lowest BCUT2D eigenvalue weighted by atomic mass is 10.1. The van der Waals surface area contributed by atoms with E-state index in [1.54, 1.807) is 0 Å². The van der Waals surface area contributed by atoms with E-state index in [2.05, 4.69) is 4.98 Å². The van der Waals surface area contributed by atoms with Crippen molar-refractivity contribution in [1.29, 1.82) is 0 Å². The van der Waals surface area contributed by atoms with Crippen LogP contribution in [0.1, 0.15) is 59.8 Å². The van der Waals surface area contributed by atoms with Crippen LogP contribution in [-0.2, 0) is 6.42 Å². The molecule has 1 aromatic heterocycles. The predicted molar refractivity (Wildman–Crippen MR) is 57.3 cm³/mol. The molecule has 0 aromatic carbocycles. The Morgan fingerprint density at radius 3 is 2.81 bits per heavy atom. The van der Waals surface area contributed by atoms with Gasteiger partial charge in [-0.3, -0.25) is 0 Å². The topological polar surface area (TPSA) is 81.1 Å². The molecule has 3 N–H and O–H groups in total. The van der Waals surface area contributed by atoms with E-state index in [1.807, 2.05) is 4.57 Å². The van der Waals surface area contributed by atoms with Crippen LogP contribution in [0.15, 0.2) is 0 Å². The fourth-order valence-electron chi connectivity index (χ4n) is 2.50. The van der Waals surface area contributed by atoms with Gasteiger partial charge in [-0.1, -0.05) is 0 Å². The Morgan fingerprint density at radius 2 is 2.19 bits per heavy atom. The lowest BCUT2D eigenvalue weighted by molar-refractivity contribution is 0.0689. The summed E-state index contributed by atoms with van der Waals surface area (Å²) in [5, 5.41) is 9.13. The summed E-state index contributed by atoms with van der Waals surface area (Å²) in [6.07, 6.45) is 4.80. The smallest absolute Gasteiger partial charge is 0.356 e. The number of rotatable bonds is 2. The molecule has 0 amide bonds. The van der Waals surface area contributed by atoms with Gasteiger partial charge in [-0.2, -0.15) is 0 Å². The maximum absolute atomic E-state index is 11.1. The zero-order valence-electron chi connectivity index (χ0n) is 9.02. The van der Waals surface area contributed by atoms with Crippen LogP contribution in [0, 0.1) is 0 Å². The standard InChI is InChI=1S/C11H15N3O2/c12-8-3-1-2-7-9(11(15)16)13-10(14(7)8)6-4-5-6/h6,8H,1-5,12H2,(H,15,16). The molecule has 0 radical (unpaired) electrons. The van der Waals surface area contributed by atoms with Crippen LogP contribution in [0.25, 0.3) is 0 Å². The summed E-state index contributed by atoms with van der Waals surface area (Å²) >= 11 is 0. The van der Waals surface area contributed by atoms with Crippen molar-refractivity contribution in [2.75, 3.05) is 0 Å². The van der Waals surface area contributed by atoms with E-state index < -0.39 is 5.97 Å². The highest BCUT2D eigenvalue weighted by Crippen LogP contribution is 2.42. The van der Waals surface area contributed by atoms with Crippen LogP contribution in [0.4, 0.5) is 0 Å². The average molecular weight is 221 g/mol. The summed E-state index contributed by atoms with van der Waals surface area (Å²) in [5.74, 6) is 0.417. The van der Waals surface area contributed by atoms with Gasteiger partial charge in [0.05, 0.1) is 11.9 Å². The number of nitrogens with zero attached hydrogens (tertiary/aromatic N) is 2. The van der Waals surface area contributed by atoms with Crippen molar-refractivity contribution >= 4 is 5.97 Å². The summed E-state index contributed by atoms with van der Waals surface area (Å²) in [4.78, 5) is 15.4. The fourth-order valence-corrected chi connectivity index (χ4v) is 2.50. The first-order valence-corrected chi connectivity index (χ1v) is 5.78. The summed E-state index contributed by atoms with van der Waals surface area (Å²) < 4.78 is 1.98. The van der Waals surface area contributed by atoms with Crippen molar-refractivity contribution in [2.45, 2.75) is 44.2 Å². The lowest BCUT2D eigenvalue weighted by Crippen LogP contribution is -2.26. The molecule has 5 heteroatoms. The SMILES string of the molecule is NC1CCCc2c(C(=O)O)nc(C3CC3)n21. The molecule has 0 saturated heterocycles. The highest BCUT2D eigenvalue weighted by atomic mass is 16.4. The van der Waals surface area contributed by atoms with Crippen molar-refractivity contribution in [3.05, 3.63) is 17.2 Å². The molecule has 1 saturated carbocycles. The molecule has 1 atom stereocenters. The number of nitrogens with two attached hydrogens (primary N) is 1. The zero-order valence-corrected chi connectivity index (χ0v) is 9.02. The minimum absolute atomic E-state index is 0.0834.